The van der Waals surface area contributed by atoms with Crippen molar-refractivity contribution in [2.45, 2.75) is 25.1 Å². The summed E-state index contributed by atoms with van der Waals surface area (Å²) in [6, 6.07) is 23.0. The molecule has 0 saturated carbocycles. The van der Waals surface area contributed by atoms with Crippen LogP contribution >= 0.6 is 23.4 Å². The number of amidine groups is 1. The van der Waals surface area contributed by atoms with Gasteiger partial charge in [0.25, 0.3) is 0 Å². The summed E-state index contributed by atoms with van der Waals surface area (Å²) in [4.78, 5) is 44.2. The minimum atomic E-state index is -0.612. The minimum absolute atomic E-state index is 0.0102. The second kappa shape index (κ2) is 11.9. The van der Waals surface area contributed by atoms with Crippen LogP contribution in [0.1, 0.15) is 29.3 Å². The summed E-state index contributed by atoms with van der Waals surface area (Å²) in [6.07, 6.45) is 0.0102. The van der Waals surface area contributed by atoms with Crippen molar-refractivity contribution in [1.29, 1.82) is 0 Å². The van der Waals surface area contributed by atoms with Crippen molar-refractivity contribution in [3.8, 4) is 0 Å². The van der Waals surface area contributed by atoms with Crippen LogP contribution < -0.4 is 5.32 Å². The molecule has 1 saturated heterocycles. The molecule has 0 radical (unpaired) electrons. The Labute approximate surface area is 218 Å². The van der Waals surface area contributed by atoms with E-state index in [0.29, 0.717) is 40.3 Å². The lowest BCUT2D eigenvalue weighted by Gasteiger charge is -2.17. The molecule has 1 aliphatic heterocycles. The number of esters is 1. The molecular weight excluding hydrogens is 498 g/mol. The molecule has 0 aliphatic carbocycles. The largest absolute Gasteiger partial charge is 0.462 e. The van der Waals surface area contributed by atoms with Gasteiger partial charge in [0.05, 0.1) is 24.4 Å². The van der Waals surface area contributed by atoms with E-state index in [2.05, 4.69) is 10.3 Å². The lowest BCUT2D eigenvalue weighted by molar-refractivity contribution is -0.128. The molecule has 1 heterocycles. The summed E-state index contributed by atoms with van der Waals surface area (Å²) in [5.74, 6) is -0.852. The van der Waals surface area contributed by atoms with Crippen LogP contribution in [0.3, 0.4) is 0 Å². The number of hydrogen-bond acceptors (Lipinski definition) is 6. The molecule has 1 fully saturated rings. The van der Waals surface area contributed by atoms with Gasteiger partial charge in [-0.25, -0.2) is 9.79 Å². The van der Waals surface area contributed by atoms with Crippen LogP contribution in [0.25, 0.3) is 0 Å². The van der Waals surface area contributed by atoms with E-state index in [1.165, 1.54) is 11.8 Å². The first-order valence-electron chi connectivity index (χ1n) is 11.4. The highest BCUT2D eigenvalue weighted by molar-refractivity contribution is 8.15. The lowest BCUT2D eigenvalue weighted by atomic mass is 10.2. The van der Waals surface area contributed by atoms with E-state index >= 15 is 0 Å². The zero-order valence-electron chi connectivity index (χ0n) is 19.5. The smallest absolute Gasteiger partial charge is 0.338 e. The van der Waals surface area contributed by atoms with E-state index in [0.717, 1.165) is 5.56 Å². The van der Waals surface area contributed by atoms with E-state index < -0.39 is 11.2 Å². The van der Waals surface area contributed by atoms with Crippen molar-refractivity contribution < 1.29 is 19.1 Å². The molecule has 184 valence electrons. The molecule has 7 nitrogen and oxygen atoms in total. The first kappa shape index (κ1) is 25.5. The van der Waals surface area contributed by atoms with Gasteiger partial charge in [-0.1, -0.05) is 53.7 Å². The van der Waals surface area contributed by atoms with Crippen molar-refractivity contribution in [3.05, 3.63) is 95.0 Å². The van der Waals surface area contributed by atoms with Crippen molar-refractivity contribution >= 4 is 57.7 Å². The molecule has 1 unspecified atom stereocenters. The number of anilines is 1. The van der Waals surface area contributed by atoms with Gasteiger partial charge >= 0.3 is 5.97 Å². The highest BCUT2D eigenvalue weighted by Crippen LogP contribution is 2.33. The van der Waals surface area contributed by atoms with Crippen molar-refractivity contribution in [1.82, 2.24) is 4.90 Å². The fraction of sp³-hybridized carbons (Fsp3) is 0.185. The highest BCUT2D eigenvalue weighted by Gasteiger charge is 2.39. The molecule has 3 aromatic rings. The maximum absolute atomic E-state index is 13.3. The van der Waals surface area contributed by atoms with E-state index in [-0.39, 0.29) is 18.2 Å². The number of amides is 2. The fourth-order valence-electron chi connectivity index (χ4n) is 3.54. The fourth-order valence-corrected chi connectivity index (χ4v) is 4.82. The van der Waals surface area contributed by atoms with Gasteiger partial charge < -0.3 is 10.1 Å². The molecule has 1 aliphatic rings. The molecule has 4 rings (SSSR count). The maximum Gasteiger partial charge on any atom is 0.338 e. The Kier molecular flexibility index (Phi) is 8.40. The summed E-state index contributed by atoms with van der Waals surface area (Å²) in [5, 5.41) is 3.30. The third-order valence-corrected chi connectivity index (χ3v) is 6.73. The summed E-state index contributed by atoms with van der Waals surface area (Å²) in [6.45, 7) is 2.33. The zero-order valence-corrected chi connectivity index (χ0v) is 21.1. The second-order valence-electron chi connectivity index (χ2n) is 7.94. The molecular formula is C27H24ClN3O4S. The van der Waals surface area contributed by atoms with Crippen molar-refractivity contribution in [2.24, 2.45) is 4.99 Å². The number of carbonyl (C=O) groups is 3. The number of thioether (sulfide) groups is 1. The number of para-hydroxylation sites is 1. The third kappa shape index (κ3) is 6.53. The molecule has 0 spiro atoms. The van der Waals surface area contributed by atoms with Gasteiger partial charge in [0.1, 0.15) is 5.25 Å². The van der Waals surface area contributed by atoms with Gasteiger partial charge in [-0.2, -0.15) is 0 Å². The topological polar surface area (TPSA) is 88.1 Å². The molecule has 0 aromatic heterocycles. The minimum Gasteiger partial charge on any atom is -0.462 e. The van der Waals surface area contributed by atoms with Crippen LogP contribution in [-0.4, -0.2) is 39.7 Å². The highest BCUT2D eigenvalue weighted by atomic mass is 35.5. The first-order valence-corrected chi connectivity index (χ1v) is 12.6. The Morgan fingerprint density at radius 3 is 2.39 bits per heavy atom. The molecule has 1 atom stereocenters. The molecule has 2 amide bonds. The van der Waals surface area contributed by atoms with Crippen LogP contribution in [0.5, 0.6) is 0 Å². The standard InChI is InChI=1S/C27H24ClN3O4S/c1-2-35-26(34)19-10-14-22(15-11-19)30-27-31(17-18-8-12-20(28)13-9-18)25(33)23(36-27)16-24(32)29-21-6-4-3-5-7-21/h3-15,23H,2,16-17H2,1H3,(H,29,32). The Balaban J connectivity index is 1.54. The molecule has 0 bridgehead atoms. The van der Waals surface area contributed by atoms with Gasteiger partial charge in [0, 0.05) is 17.1 Å². The van der Waals surface area contributed by atoms with E-state index in [1.807, 2.05) is 30.3 Å². The van der Waals surface area contributed by atoms with Crippen LogP contribution in [0.4, 0.5) is 11.4 Å². The van der Waals surface area contributed by atoms with E-state index in [1.54, 1.807) is 60.4 Å². The Bertz CT molecular complexity index is 1260. The monoisotopic (exact) mass is 521 g/mol. The number of nitrogens with zero attached hydrogens (tertiary/aromatic N) is 2. The first-order chi connectivity index (χ1) is 17.4. The quantitative estimate of drug-likeness (QED) is 0.385. The van der Waals surface area contributed by atoms with Gasteiger partial charge in [0.2, 0.25) is 11.8 Å². The number of carbonyl (C=O) groups excluding carboxylic acids is 3. The third-order valence-electron chi connectivity index (χ3n) is 5.31. The van der Waals surface area contributed by atoms with Crippen molar-refractivity contribution in [3.63, 3.8) is 0 Å². The molecule has 3 aromatic carbocycles. The second-order valence-corrected chi connectivity index (χ2v) is 9.54. The van der Waals surface area contributed by atoms with Gasteiger partial charge in [-0.15, -0.1) is 0 Å². The van der Waals surface area contributed by atoms with Crippen molar-refractivity contribution in [2.75, 3.05) is 11.9 Å². The number of hydrogen-bond donors (Lipinski definition) is 1. The van der Waals surface area contributed by atoms with Gasteiger partial charge in [-0.05, 0) is 61.0 Å². The SMILES string of the molecule is CCOC(=O)c1ccc(N=C2SC(CC(=O)Nc3ccccc3)C(=O)N2Cc2ccc(Cl)cc2)cc1. The molecule has 36 heavy (non-hydrogen) atoms. The predicted octanol–water partition coefficient (Wildman–Crippen LogP) is 5.68. The summed E-state index contributed by atoms with van der Waals surface area (Å²) in [7, 11) is 0. The average Bonchev–Trinajstić information content (AvgIpc) is 3.15. The number of benzene rings is 3. The number of ether oxygens (including phenoxy) is 1. The number of rotatable bonds is 8. The number of aliphatic imine (C=N–C) groups is 1. The summed E-state index contributed by atoms with van der Waals surface area (Å²) in [5.41, 5.74) is 2.55. The average molecular weight is 522 g/mol. The zero-order chi connectivity index (χ0) is 25.5. The van der Waals surface area contributed by atoms with Crippen LogP contribution in [0, 0.1) is 0 Å². The van der Waals surface area contributed by atoms with Gasteiger partial charge in [0.15, 0.2) is 5.17 Å². The van der Waals surface area contributed by atoms with Crippen LogP contribution in [0.2, 0.25) is 5.02 Å². The Morgan fingerprint density at radius 1 is 1.03 bits per heavy atom. The number of nitrogens with one attached hydrogen (secondary N) is 1. The summed E-state index contributed by atoms with van der Waals surface area (Å²) < 4.78 is 5.02. The van der Waals surface area contributed by atoms with Crippen LogP contribution in [0.15, 0.2) is 83.9 Å². The maximum atomic E-state index is 13.3. The normalized spacial score (nSPS) is 16.3. The Morgan fingerprint density at radius 2 is 1.72 bits per heavy atom. The Hall–Kier alpha value is -3.62. The number of halogens is 1. The molecule has 1 N–H and O–H groups in total. The summed E-state index contributed by atoms with van der Waals surface area (Å²) >= 11 is 7.26. The van der Waals surface area contributed by atoms with E-state index in [9.17, 15) is 14.4 Å². The van der Waals surface area contributed by atoms with Gasteiger partial charge in [-0.3, -0.25) is 14.5 Å². The lowest BCUT2D eigenvalue weighted by Crippen LogP contribution is -2.33. The predicted molar refractivity (Wildman–Crippen MR) is 143 cm³/mol. The molecule has 9 heteroatoms. The van der Waals surface area contributed by atoms with E-state index in [4.69, 9.17) is 16.3 Å². The van der Waals surface area contributed by atoms with Crippen LogP contribution in [-0.2, 0) is 20.9 Å².